The van der Waals surface area contributed by atoms with Crippen molar-refractivity contribution in [1.29, 1.82) is 0 Å². The quantitative estimate of drug-likeness (QED) is 0.136. The average molecular weight is 1240 g/mol. The van der Waals surface area contributed by atoms with Crippen molar-refractivity contribution in [2.75, 3.05) is 0 Å². The lowest BCUT2D eigenvalue weighted by Crippen LogP contribution is -2.06. The second-order valence-electron chi connectivity index (χ2n) is 23.7. The molecule has 0 amide bonds. The summed E-state index contributed by atoms with van der Waals surface area (Å²) in [5.41, 5.74) is 16.5. The number of thiophene rings is 2. The highest BCUT2D eigenvalue weighted by Crippen LogP contribution is 2.49. The van der Waals surface area contributed by atoms with Gasteiger partial charge in [-0.25, -0.2) is 19.9 Å². The van der Waals surface area contributed by atoms with Crippen LogP contribution in [0, 0.1) is 0 Å². The van der Waals surface area contributed by atoms with Gasteiger partial charge in [-0.1, -0.05) is 237 Å². The summed E-state index contributed by atoms with van der Waals surface area (Å²) in [6.07, 6.45) is 0. The van der Waals surface area contributed by atoms with Crippen molar-refractivity contribution in [1.82, 2.24) is 39.0 Å². The fourth-order valence-electron chi connectivity index (χ4n) is 13.8. The molecule has 0 bridgehead atoms. The van der Waals surface area contributed by atoms with Crippen molar-refractivity contribution < 1.29 is 0 Å². The van der Waals surface area contributed by atoms with E-state index in [4.69, 9.17) is 29.9 Å². The van der Waals surface area contributed by atoms with Crippen molar-refractivity contribution in [2.45, 2.75) is 0 Å². The Hall–Kier alpha value is -12.1. The second kappa shape index (κ2) is 21.8. The first-order valence-corrected chi connectivity index (χ1v) is 33.0. The Balaban J connectivity index is 0.770. The summed E-state index contributed by atoms with van der Waals surface area (Å²) < 4.78 is 9.57. The number of benzene rings is 13. The summed E-state index contributed by atoms with van der Waals surface area (Å²) in [5.74, 6) is 3.47. The summed E-state index contributed by atoms with van der Waals surface area (Å²) in [6, 6.07) is 107. The monoisotopic (exact) mass is 1230 g/mol. The van der Waals surface area contributed by atoms with Gasteiger partial charge in [0.25, 0.3) is 0 Å². The molecule has 94 heavy (non-hydrogen) atoms. The molecule has 0 radical (unpaired) electrons. The molecule has 19 rings (SSSR count). The van der Waals surface area contributed by atoms with Crippen LogP contribution in [0.15, 0.2) is 303 Å². The van der Waals surface area contributed by atoms with Crippen LogP contribution in [0.1, 0.15) is 0 Å². The smallest absolute Gasteiger partial charge is 0.238 e. The summed E-state index contributed by atoms with van der Waals surface area (Å²) in [6.45, 7) is 0. The number of aromatic nitrogens is 8. The zero-order valence-corrected chi connectivity index (χ0v) is 51.9. The van der Waals surface area contributed by atoms with Crippen LogP contribution in [0.4, 0.5) is 0 Å². The van der Waals surface area contributed by atoms with Gasteiger partial charge in [0.15, 0.2) is 29.1 Å². The zero-order valence-electron chi connectivity index (χ0n) is 50.3. The topological polar surface area (TPSA) is 87.2 Å². The maximum Gasteiger partial charge on any atom is 0.238 e. The summed E-state index contributed by atoms with van der Waals surface area (Å²) in [5, 5.41) is 9.50. The van der Waals surface area contributed by atoms with E-state index < -0.39 is 0 Å². The lowest BCUT2D eigenvalue weighted by molar-refractivity contribution is 0.955. The van der Waals surface area contributed by atoms with Crippen molar-refractivity contribution in [2.24, 2.45) is 0 Å². The van der Waals surface area contributed by atoms with E-state index >= 15 is 0 Å². The van der Waals surface area contributed by atoms with Crippen LogP contribution >= 0.6 is 22.7 Å². The van der Waals surface area contributed by atoms with Gasteiger partial charge in [-0.15, -0.1) is 22.7 Å². The zero-order chi connectivity index (χ0) is 61.8. The predicted octanol–water partition coefficient (Wildman–Crippen LogP) is 22.3. The Morgan fingerprint density at radius 2 is 0.638 bits per heavy atom. The molecule has 0 fully saturated rings. The average Bonchev–Trinajstić information content (AvgIpc) is 1.56. The lowest BCUT2D eigenvalue weighted by atomic mass is 9.95. The molecule has 0 aliphatic rings. The third-order valence-electron chi connectivity index (χ3n) is 18.2. The molecule has 19 aromatic rings. The van der Waals surface area contributed by atoms with E-state index in [0.717, 1.165) is 104 Å². The van der Waals surface area contributed by atoms with Crippen LogP contribution in [-0.4, -0.2) is 39.0 Å². The number of fused-ring (bicyclic) bond motifs is 14. The number of para-hydroxylation sites is 2. The Morgan fingerprint density at radius 1 is 0.234 bits per heavy atom. The minimum atomic E-state index is 0.534. The summed E-state index contributed by atoms with van der Waals surface area (Å²) >= 11 is 3.66. The Labute approximate surface area is 547 Å². The van der Waals surface area contributed by atoms with Gasteiger partial charge in [0.05, 0.1) is 31.5 Å². The lowest BCUT2D eigenvalue weighted by Gasteiger charge is -2.13. The molecule has 0 aliphatic carbocycles. The van der Waals surface area contributed by atoms with Crippen LogP contribution in [0.2, 0.25) is 0 Å². The highest BCUT2D eigenvalue weighted by atomic mass is 32.1. The van der Waals surface area contributed by atoms with E-state index in [9.17, 15) is 0 Å². The molecular formula is C84H50N8S2. The van der Waals surface area contributed by atoms with Crippen molar-refractivity contribution >= 4 is 107 Å². The molecule has 438 valence electrons. The molecule has 0 saturated carbocycles. The molecule has 6 heterocycles. The molecule has 13 aromatic carbocycles. The molecule has 8 nitrogen and oxygen atoms in total. The van der Waals surface area contributed by atoms with Crippen LogP contribution in [0.5, 0.6) is 0 Å². The normalized spacial score (nSPS) is 11.8. The van der Waals surface area contributed by atoms with E-state index in [-0.39, 0.29) is 0 Å². The molecule has 0 saturated heterocycles. The molecule has 6 aromatic heterocycles. The molecule has 10 heteroatoms. The van der Waals surface area contributed by atoms with Gasteiger partial charge < -0.3 is 4.57 Å². The highest BCUT2D eigenvalue weighted by Gasteiger charge is 2.26. The third kappa shape index (κ3) is 8.87. The standard InChI is InChI=1S/C84H50N8S2/c1-4-20-51(21-5-1)53-38-40-55(41-39-53)81-88-83(59-28-18-26-57(48-59)52-22-6-2-7-23-52)90-84(89-81)92-71-35-15-11-31-63(71)69-50-68(74-67-33-13-17-37-73(67)94-78(74)76(69)92)58-27-19-29-60(49-58)82-86-79(54-24-8-3-9-25-54)85-80(87-82)56-42-44-61(45-43-56)91-70-34-14-10-30-62(70)65-46-47-66-64-32-12-16-36-72(64)93-77(66)75(65)91/h1-50H. The molecule has 0 spiro atoms. The van der Waals surface area contributed by atoms with Crippen molar-refractivity contribution in [3.05, 3.63) is 303 Å². The van der Waals surface area contributed by atoms with Crippen LogP contribution in [-0.2, 0) is 0 Å². The minimum Gasteiger partial charge on any atom is -0.308 e. The number of nitrogens with zero attached hydrogens (tertiary/aromatic N) is 8. The fourth-order valence-corrected chi connectivity index (χ4v) is 16.3. The summed E-state index contributed by atoms with van der Waals surface area (Å²) in [4.78, 5) is 32.2. The predicted molar refractivity (Wildman–Crippen MR) is 391 cm³/mol. The fraction of sp³-hybridized carbons (Fsp3) is 0. The SMILES string of the molecule is c1ccc(-c2ccc(-c3nc(-c4cccc(-c5ccccc5)c4)nc(-n4c5ccccc5c5cc(-c6cccc(-c7nc(-c8ccccc8)nc(-c8ccc(-n9c%10ccccc%10c%10ccc%11c%12ccccc%12sc%11c%109)cc8)n7)c6)c6c7ccccc7sc6c54)n3)cc2)cc1. The van der Waals surface area contributed by atoms with E-state index in [1.807, 2.05) is 41.7 Å². The number of rotatable bonds is 10. The first-order valence-electron chi connectivity index (χ1n) is 31.4. The van der Waals surface area contributed by atoms with Gasteiger partial charge in [-0.2, -0.15) is 9.97 Å². The number of hydrogen-bond acceptors (Lipinski definition) is 8. The van der Waals surface area contributed by atoms with Gasteiger partial charge in [0, 0.05) is 86.0 Å². The van der Waals surface area contributed by atoms with Gasteiger partial charge in [-0.05, 0) is 100 Å². The van der Waals surface area contributed by atoms with E-state index in [1.54, 1.807) is 11.3 Å². The van der Waals surface area contributed by atoms with E-state index in [1.165, 1.54) is 46.5 Å². The first kappa shape index (κ1) is 53.7. The molecule has 0 aliphatic heterocycles. The number of hydrogen-bond donors (Lipinski definition) is 0. The van der Waals surface area contributed by atoms with Crippen molar-refractivity contribution in [3.63, 3.8) is 0 Å². The Morgan fingerprint density at radius 3 is 1.30 bits per heavy atom. The van der Waals surface area contributed by atoms with Crippen LogP contribution in [0.25, 0.3) is 186 Å². The first-order chi connectivity index (χ1) is 46.6. The second-order valence-corrected chi connectivity index (χ2v) is 25.8. The van der Waals surface area contributed by atoms with Gasteiger partial charge in [0.1, 0.15) is 0 Å². The highest BCUT2D eigenvalue weighted by molar-refractivity contribution is 7.27. The molecular weight excluding hydrogens is 1190 g/mol. The van der Waals surface area contributed by atoms with Gasteiger partial charge in [0.2, 0.25) is 5.95 Å². The van der Waals surface area contributed by atoms with Gasteiger partial charge in [-0.3, -0.25) is 4.57 Å². The van der Waals surface area contributed by atoms with Crippen molar-refractivity contribution in [3.8, 4) is 102 Å². The van der Waals surface area contributed by atoms with E-state index in [0.29, 0.717) is 35.1 Å². The largest absolute Gasteiger partial charge is 0.308 e. The Kier molecular flexibility index (Phi) is 12.5. The molecule has 0 unspecified atom stereocenters. The maximum absolute atomic E-state index is 5.50. The molecule has 0 atom stereocenters. The van der Waals surface area contributed by atoms with Crippen LogP contribution in [0.3, 0.4) is 0 Å². The summed E-state index contributed by atoms with van der Waals surface area (Å²) in [7, 11) is 0. The van der Waals surface area contributed by atoms with Crippen LogP contribution < -0.4 is 0 Å². The minimum absolute atomic E-state index is 0.534. The van der Waals surface area contributed by atoms with E-state index in [2.05, 4.69) is 282 Å². The molecule has 0 N–H and O–H groups in total. The Bertz CT molecular complexity index is 6210. The third-order valence-corrected chi connectivity index (χ3v) is 20.6. The van der Waals surface area contributed by atoms with Gasteiger partial charge >= 0.3 is 0 Å². The maximum atomic E-state index is 5.50.